The van der Waals surface area contributed by atoms with Gasteiger partial charge in [0.15, 0.2) is 11.1 Å². The quantitative estimate of drug-likeness (QED) is 0.714. The maximum absolute atomic E-state index is 11.4. The van der Waals surface area contributed by atoms with E-state index in [4.69, 9.17) is 8.92 Å². The molecule has 1 unspecified atom stereocenters. The molecule has 1 heterocycles. The first-order valence-corrected chi connectivity index (χ1v) is 6.25. The minimum Gasteiger partial charge on any atom is -0.444 e. The summed E-state index contributed by atoms with van der Waals surface area (Å²) in [5.74, 6) is 0. The van der Waals surface area contributed by atoms with Crippen molar-refractivity contribution in [3.05, 3.63) is 0 Å². The molecule has 0 aromatic heterocycles. The van der Waals surface area contributed by atoms with E-state index in [-0.39, 0.29) is 12.2 Å². The summed E-state index contributed by atoms with van der Waals surface area (Å²) in [6.07, 6.45) is 1.00. The van der Waals surface area contributed by atoms with Crippen LogP contribution in [0.2, 0.25) is 0 Å². The van der Waals surface area contributed by atoms with Crippen molar-refractivity contribution in [2.45, 2.75) is 32.5 Å². The normalized spacial score (nSPS) is 19.6. The first kappa shape index (κ1) is 12.4. The van der Waals surface area contributed by atoms with Crippen molar-refractivity contribution in [1.29, 1.82) is 0 Å². The molecule has 0 N–H and O–H groups in total. The van der Waals surface area contributed by atoms with Gasteiger partial charge >= 0.3 is 6.09 Å². The summed E-state index contributed by atoms with van der Waals surface area (Å²) in [6.45, 7) is 6.36. The second kappa shape index (κ2) is 4.49. The van der Waals surface area contributed by atoms with Crippen molar-refractivity contribution < 1.29 is 17.9 Å². The molecule has 0 radical (unpaired) electrons. The van der Waals surface area contributed by atoms with Gasteiger partial charge in [0.25, 0.3) is 0 Å². The highest BCUT2D eigenvalue weighted by Gasteiger charge is 2.35. The molecule has 5 nitrogen and oxygen atoms in total. The van der Waals surface area contributed by atoms with Gasteiger partial charge in [0.1, 0.15) is 11.7 Å². The molecule has 1 atom stereocenters. The largest absolute Gasteiger partial charge is 0.444 e. The van der Waals surface area contributed by atoms with E-state index in [0.29, 0.717) is 13.1 Å². The van der Waals surface area contributed by atoms with E-state index in [2.05, 4.69) is 0 Å². The number of nitrogens with zero attached hydrogens (tertiary/aromatic N) is 1. The second-order valence-corrected chi connectivity index (χ2v) is 5.50. The lowest BCUT2D eigenvalue weighted by Gasteiger charge is -2.38. The van der Waals surface area contributed by atoms with Gasteiger partial charge in [-0.05, 0) is 20.8 Å². The molecule has 1 saturated heterocycles. The van der Waals surface area contributed by atoms with Crippen molar-refractivity contribution >= 4 is 17.2 Å². The van der Waals surface area contributed by atoms with E-state index in [1.54, 1.807) is 0 Å². The molecule has 1 fully saturated rings. The smallest absolute Gasteiger partial charge is 0.410 e. The monoisotopic (exact) mass is 235 g/mol. The van der Waals surface area contributed by atoms with Gasteiger partial charge in [0, 0.05) is 6.26 Å². The first-order valence-electron chi connectivity index (χ1n) is 4.76. The standard InChI is InChI=1S/C9H17NO4S/c1-9(2,3)13-8(11)10-5-7(6-10)14-15(4)12/h7H,5-6H2,1-4H3. The van der Waals surface area contributed by atoms with Crippen LogP contribution < -0.4 is 0 Å². The minimum absolute atomic E-state index is 0.122. The Hall–Kier alpha value is -0.620. The van der Waals surface area contributed by atoms with Crippen molar-refractivity contribution in [3.8, 4) is 0 Å². The Kier molecular flexibility index (Phi) is 3.72. The van der Waals surface area contributed by atoms with Crippen LogP contribution in [0.4, 0.5) is 4.79 Å². The van der Waals surface area contributed by atoms with E-state index in [1.807, 2.05) is 20.8 Å². The molecule has 1 aliphatic rings. The lowest BCUT2D eigenvalue weighted by molar-refractivity contribution is -0.0188. The molecule has 0 spiro atoms. The fourth-order valence-corrected chi connectivity index (χ4v) is 1.67. The van der Waals surface area contributed by atoms with Gasteiger partial charge in [-0.15, -0.1) is 0 Å². The Morgan fingerprint density at radius 3 is 2.33 bits per heavy atom. The number of hydrogen-bond acceptors (Lipinski definition) is 4. The highest BCUT2D eigenvalue weighted by Crippen LogP contribution is 2.17. The van der Waals surface area contributed by atoms with E-state index < -0.39 is 16.7 Å². The molecule has 1 amide bonds. The molecule has 0 aliphatic carbocycles. The van der Waals surface area contributed by atoms with E-state index in [0.717, 1.165) is 0 Å². The Morgan fingerprint density at radius 1 is 1.40 bits per heavy atom. The van der Waals surface area contributed by atoms with Crippen molar-refractivity contribution in [1.82, 2.24) is 4.90 Å². The maximum atomic E-state index is 11.4. The maximum Gasteiger partial charge on any atom is 0.410 e. The van der Waals surface area contributed by atoms with Gasteiger partial charge in [-0.3, -0.25) is 4.18 Å². The van der Waals surface area contributed by atoms with Crippen LogP contribution in [-0.4, -0.2) is 46.3 Å². The topological polar surface area (TPSA) is 55.8 Å². The highest BCUT2D eigenvalue weighted by molar-refractivity contribution is 7.79. The van der Waals surface area contributed by atoms with Gasteiger partial charge < -0.3 is 9.64 Å². The van der Waals surface area contributed by atoms with Crippen molar-refractivity contribution in [2.24, 2.45) is 0 Å². The predicted molar refractivity (Wildman–Crippen MR) is 56.7 cm³/mol. The van der Waals surface area contributed by atoms with Crippen molar-refractivity contribution in [2.75, 3.05) is 19.3 Å². The molecular weight excluding hydrogens is 218 g/mol. The molecule has 0 bridgehead atoms. The van der Waals surface area contributed by atoms with Gasteiger partial charge in [-0.2, -0.15) is 0 Å². The molecule has 15 heavy (non-hydrogen) atoms. The molecule has 1 aliphatic heterocycles. The Balaban J connectivity index is 2.27. The van der Waals surface area contributed by atoms with Crippen LogP contribution >= 0.6 is 0 Å². The zero-order valence-electron chi connectivity index (χ0n) is 9.48. The summed E-state index contributed by atoms with van der Waals surface area (Å²) in [7, 11) is 0. The van der Waals surface area contributed by atoms with Gasteiger partial charge in [0.2, 0.25) is 0 Å². The fourth-order valence-electron chi connectivity index (χ4n) is 1.17. The van der Waals surface area contributed by atoms with E-state index >= 15 is 0 Å². The number of rotatable bonds is 2. The van der Waals surface area contributed by atoms with Crippen LogP contribution in [0, 0.1) is 0 Å². The van der Waals surface area contributed by atoms with Crippen LogP contribution in [0.1, 0.15) is 20.8 Å². The average molecular weight is 235 g/mol. The average Bonchev–Trinajstić information content (AvgIpc) is 1.91. The van der Waals surface area contributed by atoms with Gasteiger partial charge in [0.05, 0.1) is 13.1 Å². The van der Waals surface area contributed by atoms with Gasteiger partial charge in [-0.25, -0.2) is 9.00 Å². The molecule has 1 rings (SSSR count). The zero-order valence-corrected chi connectivity index (χ0v) is 10.3. The predicted octanol–water partition coefficient (Wildman–Crippen LogP) is 0.916. The Morgan fingerprint density at radius 2 is 1.93 bits per heavy atom. The van der Waals surface area contributed by atoms with E-state index in [1.165, 1.54) is 11.2 Å². The fraction of sp³-hybridized carbons (Fsp3) is 0.889. The molecule has 0 saturated carbocycles. The van der Waals surface area contributed by atoms with E-state index in [9.17, 15) is 9.00 Å². The highest BCUT2D eigenvalue weighted by atomic mass is 32.2. The lowest BCUT2D eigenvalue weighted by Crippen LogP contribution is -2.55. The summed E-state index contributed by atoms with van der Waals surface area (Å²) in [5.41, 5.74) is -0.476. The van der Waals surface area contributed by atoms with Crippen LogP contribution in [-0.2, 0) is 20.0 Å². The third kappa shape index (κ3) is 4.17. The number of carbonyl (C=O) groups is 1. The Labute approximate surface area is 92.4 Å². The van der Waals surface area contributed by atoms with Crippen molar-refractivity contribution in [3.63, 3.8) is 0 Å². The van der Waals surface area contributed by atoms with Crippen LogP contribution in [0.5, 0.6) is 0 Å². The number of ether oxygens (including phenoxy) is 1. The third-order valence-electron chi connectivity index (χ3n) is 1.77. The molecule has 0 aromatic carbocycles. The summed E-state index contributed by atoms with van der Waals surface area (Å²) >= 11 is -1.27. The number of hydrogen-bond donors (Lipinski definition) is 0. The Bertz CT molecular complexity index is 268. The lowest BCUT2D eigenvalue weighted by atomic mass is 10.2. The molecular formula is C9H17NO4S. The summed E-state index contributed by atoms with van der Waals surface area (Å²) in [5, 5.41) is 0. The number of likely N-dealkylation sites (tertiary alicyclic amines) is 1. The summed E-state index contributed by atoms with van der Waals surface area (Å²) < 4.78 is 20.9. The van der Waals surface area contributed by atoms with Crippen LogP contribution in [0.3, 0.4) is 0 Å². The summed E-state index contributed by atoms with van der Waals surface area (Å²) in [4.78, 5) is 13.0. The summed E-state index contributed by atoms with van der Waals surface area (Å²) in [6, 6.07) is 0. The second-order valence-electron chi connectivity index (χ2n) is 4.50. The number of carbonyl (C=O) groups excluding carboxylic acids is 1. The van der Waals surface area contributed by atoms with Crippen LogP contribution in [0.25, 0.3) is 0 Å². The molecule has 0 aromatic rings. The molecule has 88 valence electrons. The SMILES string of the molecule is CS(=O)OC1CN(C(=O)OC(C)(C)C)C1. The van der Waals surface area contributed by atoms with Crippen LogP contribution in [0.15, 0.2) is 0 Å². The molecule has 6 heteroatoms. The van der Waals surface area contributed by atoms with Gasteiger partial charge in [-0.1, -0.05) is 0 Å². The number of amides is 1. The third-order valence-corrected chi connectivity index (χ3v) is 2.31. The zero-order chi connectivity index (χ0) is 11.6. The minimum atomic E-state index is -1.27. The first-order chi connectivity index (χ1) is 6.78.